The smallest absolute Gasteiger partial charge is 0.133 e. The maximum atomic E-state index is 14.1. The third-order valence-electron chi connectivity index (χ3n) is 3.56. The van der Waals surface area contributed by atoms with E-state index in [0.717, 1.165) is 37.9 Å². The number of hydrogen-bond donors (Lipinski definition) is 1. The SMILES string of the molecule is COc1ccc(C)c(F)c1CC1CCNCC1. The van der Waals surface area contributed by atoms with Gasteiger partial charge in [-0.1, -0.05) is 6.07 Å². The van der Waals surface area contributed by atoms with Gasteiger partial charge in [-0.2, -0.15) is 0 Å². The van der Waals surface area contributed by atoms with Crippen LogP contribution in [0.5, 0.6) is 5.75 Å². The summed E-state index contributed by atoms with van der Waals surface area (Å²) in [5, 5.41) is 3.33. The van der Waals surface area contributed by atoms with Gasteiger partial charge in [0.05, 0.1) is 7.11 Å². The first-order valence-electron chi connectivity index (χ1n) is 6.25. The molecule has 94 valence electrons. The van der Waals surface area contributed by atoms with E-state index in [1.807, 2.05) is 6.07 Å². The number of piperidine rings is 1. The zero-order valence-electron chi connectivity index (χ0n) is 10.6. The number of hydrogen-bond acceptors (Lipinski definition) is 2. The van der Waals surface area contributed by atoms with E-state index in [1.54, 1.807) is 20.1 Å². The Morgan fingerprint density at radius 1 is 1.35 bits per heavy atom. The molecule has 0 amide bonds. The Kier molecular flexibility index (Phi) is 4.00. The number of rotatable bonds is 3. The Balaban J connectivity index is 2.20. The second-order valence-electron chi connectivity index (χ2n) is 4.77. The third-order valence-corrected chi connectivity index (χ3v) is 3.56. The fourth-order valence-corrected chi connectivity index (χ4v) is 2.48. The average Bonchev–Trinajstić information content (AvgIpc) is 2.37. The maximum absolute atomic E-state index is 14.1. The first-order chi connectivity index (χ1) is 8.22. The van der Waals surface area contributed by atoms with E-state index in [0.29, 0.717) is 17.2 Å². The monoisotopic (exact) mass is 237 g/mol. The van der Waals surface area contributed by atoms with Crippen molar-refractivity contribution in [1.29, 1.82) is 0 Å². The van der Waals surface area contributed by atoms with Crippen LogP contribution in [0, 0.1) is 18.7 Å². The molecule has 0 radical (unpaired) electrons. The normalized spacial score (nSPS) is 17.1. The lowest BCUT2D eigenvalue weighted by Gasteiger charge is -2.23. The molecule has 1 fully saturated rings. The standard InChI is InChI=1S/C14H20FNO/c1-10-3-4-13(17-2)12(14(10)15)9-11-5-7-16-8-6-11/h3-4,11,16H,5-9H2,1-2H3. The highest BCUT2D eigenvalue weighted by Crippen LogP contribution is 2.29. The quantitative estimate of drug-likeness (QED) is 0.872. The highest BCUT2D eigenvalue weighted by Gasteiger charge is 2.19. The zero-order chi connectivity index (χ0) is 12.3. The summed E-state index contributed by atoms with van der Waals surface area (Å²) in [6.45, 7) is 3.89. The number of methoxy groups -OCH3 is 1. The minimum Gasteiger partial charge on any atom is -0.496 e. The predicted octanol–water partition coefficient (Wildman–Crippen LogP) is 2.68. The lowest BCUT2D eigenvalue weighted by Crippen LogP contribution is -2.29. The molecule has 17 heavy (non-hydrogen) atoms. The van der Waals surface area contributed by atoms with Crippen molar-refractivity contribution in [1.82, 2.24) is 5.32 Å². The summed E-state index contributed by atoms with van der Waals surface area (Å²) in [5.74, 6) is 1.16. The molecule has 0 unspecified atom stereocenters. The number of halogens is 1. The first kappa shape index (κ1) is 12.4. The topological polar surface area (TPSA) is 21.3 Å². The van der Waals surface area contributed by atoms with E-state index in [2.05, 4.69) is 5.32 Å². The Bertz CT molecular complexity index is 386. The van der Waals surface area contributed by atoms with Gasteiger partial charge in [-0.3, -0.25) is 0 Å². The van der Waals surface area contributed by atoms with Gasteiger partial charge in [-0.05, 0) is 56.8 Å². The largest absolute Gasteiger partial charge is 0.496 e. The van der Waals surface area contributed by atoms with Gasteiger partial charge in [0, 0.05) is 5.56 Å². The average molecular weight is 237 g/mol. The molecule has 1 heterocycles. The van der Waals surface area contributed by atoms with Crippen molar-refractivity contribution < 1.29 is 9.13 Å². The van der Waals surface area contributed by atoms with Gasteiger partial charge in [-0.25, -0.2) is 4.39 Å². The van der Waals surface area contributed by atoms with Crippen molar-refractivity contribution in [2.24, 2.45) is 5.92 Å². The minimum absolute atomic E-state index is 0.0946. The molecule has 2 nitrogen and oxygen atoms in total. The summed E-state index contributed by atoms with van der Waals surface area (Å²) in [6, 6.07) is 3.65. The molecule has 0 saturated carbocycles. The lowest BCUT2D eigenvalue weighted by molar-refractivity contribution is 0.354. The molecule has 2 rings (SSSR count). The molecule has 0 aliphatic carbocycles. The van der Waals surface area contributed by atoms with Crippen molar-refractivity contribution in [2.45, 2.75) is 26.2 Å². The Morgan fingerprint density at radius 3 is 2.71 bits per heavy atom. The van der Waals surface area contributed by atoms with Crippen LogP contribution in [0.2, 0.25) is 0 Å². The number of aryl methyl sites for hydroxylation is 1. The van der Waals surface area contributed by atoms with Gasteiger partial charge in [0.2, 0.25) is 0 Å². The summed E-state index contributed by atoms with van der Waals surface area (Å²) in [6.07, 6.45) is 3.03. The number of benzene rings is 1. The van der Waals surface area contributed by atoms with Crippen LogP contribution < -0.4 is 10.1 Å². The Hall–Kier alpha value is -1.09. The predicted molar refractivity (Wildman–Crippen MR) is 67.0 cm³/mol. The minimum atomic E-state index is -0.0946. The maximum Gasteiger partial charge on any atom is 0.133 e. The Morgan fingerprint density at radius 2 is 2.06 bits per heavy atom. The van der Waals surface area contributed by atoms with Gasteiger partial charge in [-0.15, -0.1) is 0 Å². The van der Waals surface area contributed by atoms with Crippen LogP contribution in [0.1, 0.15) is 24.0 Å². The van der Waals surface area contributed by atoms with Crippen molar-refractivity contribution in [2.75, 3.05) is 20.2 Å². The second-order valence-corrected chi connectivity index (χ2v) is 4.77. The van der Waals surface area contributed by atoms with Crippen molar-refractivity contribution in [3.8, 4) is 5.75 Å². The lowest BCUT2D eigenvalue weighted by atomic mass is 9.90. The van der Waals surface area contributed by atoms with Gasteiger partial charge in [0.15, 0.2) is 0 Å². The van der Waals surface area contributed by atoms with Crippen LogP contribution in [0.25, 0.3) is 0 Å². The van der Waals surface area contributed by atoms with Crippen LogP contribution in [0.4, 0.5) is 4.39 Å². The van der Waals surface area contributed by atoms with Crippen LogP contribution in [-0.4, -0.2) is 20.2 Å². The van der Waals surface area contributed by atoms with E-state index in [4.69, 9.17) is 4.74 Å². The number of nitrogens with one attached hydrogen (secondary N) is 1. The summed E-state index contributed by atoms with van der Waals surface area (Å²) < 4.78 is 19.4. The highest BCUT2D eigenvalue weighted by molar-refractivity contribution is 5.38. The van der Waals surface area contributed by atoms with Gasteiger partial charge >= 0.3 is 0 Å². The molecule has 0 bridgehead atoms. The second kappa shape index (κ2) is 5.50. The van der Waals surface area contributed by atoms with E-state index >= 15 is 0 Å². The van der Waals surface area contributed by atoms with E-state index < -0.39 is 0 Å². The molecular formula is C14H20FNO. The summed E-state index contributed by atoms with van der Waals surface area (Å²) in [5.41, 5.74) is 1.45. The molecule has 0 atom stereocenters. The molecule has 1 N–H and O–H groups in total. The molecule has 1 aromatic rings. The molecule has 0 spiro atoms. The molecule has 1 aromatic carbocycles. The van der Waals surface area contributed by atoms with E-state index in [9.17, 15) is 4.39 Å². The zero-order valence-corrected chi connectivity index (χ0v) is 10.6. The van der Waals surface area contributed by atoms with E-state index in [-0.39, 0.29) is 5.82 Å². The molecule has 1 saturated heterocycles. The van der Waals surface area contributed by atoms with Crippen LogP contribution >= 0.6 is 0 Å². The fraction of sp³-hybridized carbons (Fsp3) is 0.571. The molecule has 1 aliphatic rings. The van der Waals surface area contributed by atoms with Crippen molar-refractivity contribution in [3.05, 3.63) is 29.1 Å². The van der Waals surface area contributed by atoms with Gasteiger partial charge < -0.3 is 10.1 Å². The Labute approximate surface area is 102 Å². The van der Waals surface area contributed by atoms with Crippen LogP contribution in [-0.2, 0) is 6.42 Å². The van der Waals surface area contributed by atoms with Gasteiger partial charge in [0.25, 0.3) is 0 Å². The van der Waals surface area contributed by atoms with Crippen molar-refractivity contribution >= 4 is 0 Å². The summed E-state index contributed by atoms with van der Waals surface area (Å²) in [7, 11) is 1.61. The molecule has 0 aromatic heterocycles. The molecule has 1 aliphatic heterocycles. The number of ether oxygens (including phenoxy) is 1. The first-order valence-corrected chi connectivity index (χ1v) is 6.25. The molecule has 3 heteroatoms. The van der Waals surface area contributed by atoms with Crippen LogP contribution in [0.15, 0.2) is 12.1 Å². The summed E-state index contributed by atoms with van der Waals surface area (Å²) >= 11 is 0. The summed E-state index contributed by atoms with van der Waals surface area (Å²) in [4.78, 5) is 0. The van der Waals surface area contributed by atoms with E-state index in [1.165, 1.54) is 0 Å². The third kappa shape index (κ3) is 2.78. The molecular weight excluding hydrogens is 217 g/mol. The van der Waals surface area contributed by atoms with Crippen LogP contribution in [0.3, 0.4) is 0 Å². The highest BCUT2D eigenvalue weighted by atomic mass is 19.1. The van der Waals surface area contributed by atoms with Crippen molar-refractivity contribution in [3.63, 3.8) is 0 Å². The van der Waals surface area contributed by atoms with Gasteiger partial charge in [0.1, 0.15) is 11.6 Å². The fourth-order valence-electron chi connectivity index (χ4n) is 2.48.